The van der Waals surface area contributed by atoms with Gasteiger partial charge in [-0.3, -0.25) is 14.1 Å². The van der Waals surface area contributed by atoms with E-state index >= 15 is 0 Å². The van der Waals surface area contributed by atoms with Crippen molar-refractivity contribution < 1.29 is 32.0 Å². The summed E-state index contributed by atoms with van der Waals surface area (Å²) >= 11 is 0. The average molecular weight is 491 g/mol. The van der Waals surface area contributed by atoms with Crippen LogP contribution in [0.15, 0.2) is 12.7 Å². The van der Waals surface area contributed by atoms with E-state index in [4.69, 9.17) is 4.74 Å². The molecule has 1 N–H and O–H groups in total. The van der Waals surface area contributed by atoms with Gasteiger partial charge in [0.25, 0.3) is 10.1 Å². The number of unbranched alkanes of at least 4 members (excludes halogenated alkanes) is 15. The molecule has 0 spiro atoms. The number of hydrogen-bond donors (Lipinski definition) is 1. The number of ether oxygens (including phenoxy) is 2. The van der Waals surface area contributed by atoms with Gasteiger partial charge < -0.3 is 9.47 Å². The first-order chi connectivity index (χ1) is 15.8. The van der Waals surface area contributed by atoms with E-state index in [1.54, 1.807) is 0 Å². The van der Waals surface area contributed by atoms with Crippen LogP contribution in [-0.4, -0.2) is 43.4 Å². The molecule has 0 aromatic carbocycles. The van der Waals surface area contributed by atoms with Gasteiger partial charge >= 0.3 is 11.9 Å². The summed E-state index contributed by atoms with van der Waals surface area (Å²) in [6, 6.07) is 0. The van der Waals surface area contributed by atoms with Crippen LogP contribution in [0.25, 0.3) is 0 Å². The first-order valence-electron chi connectivity index (χ1n) is 12.7. The first kappa shape index (κ1) is 31.6. The van der Waals surface area contributed by atoms with Gasteiger partial charge in [0.2, 0.25) is 0 Å². The zero-order valence-electron chi connectivity index (χ0n) is 20.6. The van der Waals surface area contributed by atoms with Crippen molar-refractivity contribution >= 4 is 22.1 Å². The third-order valence-corrected chi connectivity index (χ3v) is 6.66. The first-order valence-corrected chi connectivity index (χ1v) is 14.2. The van der Waals surface area contributed by atoms with E-state index in [2.05, 4.69) is 18.2 Å². The molecule has 8 heteroatoms. The fourth-order valence-corrected chi connectivity index (χ4v) is 4.25. The van der Waals surface area contributed by atoms with Gasteiger partial charge in [-0.15, -0.1) is 0 Å². The quantitative estimate of drug-likeness (QED) is 0.0790. The van der Waals surface area contributed by atoms with Crippen molar-refractivity contribution in [2.24, 2.45) is 0 Å². The fourth-order valence-electron chi connectivity index (χ4n) is 3.59. The average Bonchev–Trinajstić information content (AvgIpc) is 2.77. The Labute approximate surface area is 201 Å². The van der Waals surface area contributed by atoms with Gasteiger partial charge in [0, 0.05) is 0 Å². The van der Waals surface area contributed by atoms with Crippen LogP contribution in [0.1, 0.15) is 116 Å². The highest BCUT2D eigenvalue weighted by molar-refractivity contribution is 7.87. The largest absolute Gasteiger partial charge is 0.465 e. The molecule has 194 valence electrons. The Hall–Kier alpha value is -1.41. The van der Waals surface area contributed by atoms with Crippen molar-refractivity contribution in [2.75, 3.05) is 13.2 Å². The molecular formula is C25H46O7S. The molecule has 0 radical (unpaired) electrons. The number of carbonyl (C=O) groups excluding carboxylic acids is 2. The maximum atomic E-state index is 12.0. The summed E-state index contributed by atoms with van der Waals surface area (Å²) in [5.41, 5.74) is 0. The molecule has 0 saturated carbocycles. The molecule has 33 heavy (non-hydrogen) atoms. The second-order valence-corrected chi connectivity index (χ2v) is 10.2. The zero-order chi connectivity index (χ0) is 24.8. The number of carbonyl (C=O) groups is 2. The second kappa shape index (κ2) is 21.1. The van der Waals surface area contributed by atoms with Crippen molar-refractivity contribution in [1.82, 2.24) is 0 Å². The highest BCUT2D eigenvalue weighted by atomic mass is 32.2. The molecule has 0 bridgehead atoms. The third-order valence-electron chi connectivity index (χ3n) is 5.58. The van der Waals surface area contributed by atoms with Gasteiger partial charge in [-0.05, 0) is 6.42 Å². The van der Waals surface area contributed by atoms with Crippen LogP contribution in [0, 0.1) is 0 Å². The van der Waals surface area contributed by atoms with Crippen molar-refractivity contribution in [1.29, 1.82) is 0 Å². The Morgan fingerprint density at radius 3 is 1.61 bits per heavy atom. The summed E-state index contributed by atoms with van der Waals surface area (Å²) in [4.78, 5) is 23.5. The minimum absolute atomic E-state index is 0.0605. The van der Waals surface area contributed by atoms with Gasteiger partial charge in [-0.25, -0.2) is 0 Å². The molecule has 0 heterocycles. The van der Waals surface area contributed by atoms with Gasteiger partial charge in [0.15, 0.2) is 5.25 Å². The van der Waals surface area contributed by atoms with Crippen LogP contribution in [0.3, 0.4) is 0 Å². The van der Waals surface area contributed by atoms with E-state index in [1.807, 2.05) is 0 Å². The van der Waals surface area contributed by atoms with Crippen LogP contribution < -0.4 is 0 Å². The third kappa shape index (κ3) is 19.7. The van der Waals surface area contributed by atoms with Gasteiger partial charge in [-0.2, -0.15) is 8.42 Å². The molecule has 1 atom stereocenters. The molecule has 0 rings (SSSR count). The van der Waals surface area contributed by atoms with Crippen molar-refractivity contribution in [2.45, 2.75) is 121 Å². The smallest absolute Gasteiger partial charge is 0.327 e. The molecule has 0 saturated heterocycles. The maximum absolute atomic E-state index is 12.0. The molecule has 1 unspecified atom stereocenters. The molecule has 0 aromatic rings. The Bertz CT molecular complexity index is 616. The van der Waals surface area contributed by atoms with Crippen molar-refractivity contribution in [3.63, 3.8) is 0 Å². The van der Waals surface area contributed by atoms with Crippen molar-refractivity contribution in [3.8, 4) is 0 Å². The normalized spacial score (nSPS) is 12.3. The maximum Gasteiger partial charge on any atom is 0.327 e. The van der Waals surface area contributed by atoms with E-state index in [0.717, 1.165) is 19.3 Å². The summed E-state index contributed by atoms with van der Waals surface area (Å²) in [5, 5.41) is -1.96. The van der Waals surface area contributed by atoms with Crippen LogP contribution in [0.5, 0.6) is 0 Å². The molecule has 7 nitrogen and oxygen atoms in total. The molecule has 0 aliphatic heterocycles. The summed E-state index contributed by atoms with van der Waals surface area (Å²) < 4.78 is 41.6. The minimum Gasteiger partial charge on any atom is -0.465 e. The lowest BCUT2D eigenvalue weighted by Gasteiger charge is -2.12. The molecule has 0 aliphatic rings. The predicted octanol–water partition coefficient (Wildman–Crippen LogP) is 6.17. The molecular weight excluding hydrogens is 444 g/mol. The Kier molecular flexibility index (Phi) is 20.2. The van der Waals surface area contributed by atoms with E-state index < -0.39 is 33.7 Å². The van der Waals surface area contributed by atoms with Crippen LogP contribution in [-0.2, 0) is 29.2 Å². The summed E-state index contributed by atoms with van der Waals surface area (Å²) in [6.45, 7) is 5.57. The Morgan fingerprint density at radius 1 is 0.788 bits per heavy atom. The van der Waals surface area contributed by atoms with E-state index in [9.17, 15) is 22.6 Å². The number of rotatable bonds is 23. The summed E-state index contributed by atoms with van der Waals surface area (Å²) in [7, 11) is -4.76. The van der Waals surface area contributed by atoms with Gasteiger partial charge in [0.05, 0.1) is 13.0 Å². The van der Waals surface area contributed by atoms with Crippen LogP contribution in [0.4, 0.5) is 0 Å². The lowest BCUT2D eigenvalue weighted by molar-refractivity contribution is -0.149. The lowest BCUT2D eigenvalue weighted by atomic mass is 10.0. The highest BCUT2D eigenvalue weighted by Gasteiger charge is 2.35. The van der Waals surface area contributed by atoms with Crippen LogP contribution in [0.2, 0.25) is 0 Å². The summed E-state index contributed by atoms with van der Waals surface area (Å²) in [6.07, 6.45) is 20.2. The predicted molar refractivity (Wildman–Crippen MR) is 132 cm³/mol. The highest BCUT2D eigenvalue weighted by Crippen LogP contribution is 2.14. The van der Waals surface area contributed by atoms with Gasteiger partial charge in [-0.1, -0.05) is 116 Å². The Morgan fingerprint density at radius 2 is 1.21 bits per heavy atom. The van der Waals surface area contributed by atoms with Crippen LogP contribution >= 0.6 is 0 Å². The Balaban J connectivity index is 3.68. The lowest BCUT2D eigenvalue weighted by Crippen LogP contribution is -2.34. The standard InChI is InChI=1S/C25H46O7S/c1-3-5-6-7-8-9-10-11-12-13-14-15-16-17-18-19-21-32-25(27)23(33(28,29)30)22-24(26)31-20-4-2/h4,23H,2-3,5-22H2,1H3,(H,28,29,30). The number of hydrogen-bond acceptors (Lipinski definition) is 6. The SMILES string of the molecule is C=CCOC(=O)CC(C(=O)OCCCCCCCCCCCCCCCCCC)S(=O)(=O)O. The topological polar surface area (TPSA) is 107 Å². The molecule has 0 aliphatic carbocycles. The monoisotopic (exact) mass is 490 g/mol. The van der Waals surface area contributed by atoms with Crippen molar-refractivity contribution in [3.05, 3.63) is 12.7 Å². The van der Waals surface area contributed by atoms with E-state index in [-0.39, 0.29) is 13.2 Å². The summed E-state index contributed by atoms with van der Waals surface area (Å²) in [5.74, 6) is -2.05. The molecule has 0 fully saturated rings. The fraction of sp³-hybridized carbons (Fsp3) is 0.840. The van der Waals surface area contributed by atoms with Gasteiger partial charge in [0.1, 0.15) is 6.61 Å². The van der Waals surface area contributed by atoms with E-state index in [0.29, 0.717) is 6.42 Å². The molecule has 0 aromatic heterocycles. The second-order valence-electron chi connectivity index (χ2n) is 8.65. The molecule has 0 amide bonds. The van der Waals surface area contributed by atoms with E-state index in [1.165, 1.54) is 83.1 Å². The zero-order valence-corrected chi connectivity index (χ0v) is 21.4. The number of esters is 2. The minimum atomic E-state index is -4.76.